The zero-order valence-corrected chi connectivity index (χ0v) is 17.6. The lowest BCUT2D eigenvalue weighted by Gasteiger charge is -2.27. The van der Waals surface area contributed by atoms with Gasteiger partial charge < -0.3 is 13.7 Å². The van der Waals surface area contributed by atoms with Crippen molar-refractivity contribution in [2.24, 2.45) is 0 Å². The van der Waals surface area contributed by atoms with Gasteiger partial charge in [0, 0.05) is 28.4 Å². The fourth-order valence-electron chi connectivity index (χ4n) is 4.36. The van der Waals surface area contributed by atoms with Gasteiger partial charge in [-0.1, -0.05) is 35.5 Å². The summed E-state index contributed by atoms with van der Waals surface area (Å²) in [7, 11) is 1.62. The maximum Gasteiger partial charge on any atom is 0.277 e. The second kappa shape index (κ2) is 7.52. The Bertz CT molecular complexity index is 1420. The van der Waals surface area contributed by atoms with Crippen LogP contribution in [0, 0.1) is 0 Å². The second-order valence-corrected chi connectivity index (χ2v) is 7.59. The van der Waals surface area contributed by atoms with E-state index >= 15 is 0 Å². The molecule has 3 aromatic heterocycles. The number of benzene rings is 2. The molecule has 1 unspecified atom stereocenters. The van der Waals surface area contributed by atoms with Crippen molar-refractivity contribution in [1.29, 1.82) is 0 Å². The number of methoxy groups -OCH3 is 1. The minimum absolute atomic E-state index is 0.180. The summed E-state index contributed by atoms with van der Waals surface area (Å²) in [6, 6.07) is 20.3. The van der Waals surface area contributed by atoms with Crippen LogP contribution in [-0.4, -0.2) is 28.4 Å². The van der Waals surface area contributed by atoms with E-state index in [1.54, 1.807) is 30.4 Å². The molecule has 1 aliphatic heterocycles. The number of rotatable bonds is 5. The highest BCUT2D eigenvalue weighted by Gasteiger charge is 2.44. The minimum Gasteiger partial charge on any atom is -0.496 e. The van der Waals surface area contributed by atoms with E-state index in [0.29, 0.717) is 22.9 Å². The van der Waals surface area contributed by atoms with Gasteiger partial charge in [0.1, 0.15) is 29.1 Å². The van der Waals surface area contributed by atoms with Crippen LogP contribution in [0.15, 0.2) is 88.2 Å². The molecule has 5 aromatic rings. The molecule has 162 valence electrons. The molecule has 1 amide bonds. The van der Waals surface area contributed by atoms with E-state index in [2.05, 4.69) is 15.4 Å². The first-order valence-electron chi connectivity index (χ1n) is 10.4. The van der Waals surface area contributed by atoms with Crippen LogP contribution in [0.3, 0.4) is 0 Å². The van der Waals surface area contributed by atoms with E-state index in [0.717, 1.165) is 28.1 Å². The molecule has 0 spiro atoms. The number of hydrogen-bond acceptors (Lipinski definition) is 6. The maximum absolute atomic E-state index is 13.6. The number of hydrogen-bond donors (Lipinski definition) is 1. The molecule has 0 saturated heterocycles. The van der Waals surface area contributed by atoms with Crippen molar-refractivity contribution in [1.82, 2.24) is 15.4 Å². The summed E-state index contributed by atoms with van der Waals surface area (Å²) in [6.45, 7) is 0. The number of ether oxygens (including phenoxy) is 1. The number of fused-ring (bicyclic) bond motifs is 1. The van der Waals surface area contributed by atoms with E-state index in [1.165, 1.54) is 6.26 Å². The summed E-state index contributed by atoms with van der Waals surface area (Å²) in [5, 5.41) is 11.3. The van der Waals surface area contributed by atoms with Crippen molar-refractivity contribution in [2.45, 2.75) is 6.04 Å². The third-order valence-corrected chi connectivity index (χ3v) is 5.84. The van der Waals surface area contributed by atoms with Crippen LogP contribution < -0.4 is 9.64 Å². The number of aromatic nitrogens is 3. The molecule has 0 aliphatic carbocycles. The Morgan fingerprint density at radius 1 is 1.00 bits per heavy atom. The van der Waals surface area contributed by atoms with Crippen molar-refractivity contribution in [2.75, 3.05) is 12.0 Å². The molecule has 0 radical (unpaired) electrons. The number of H-pyrrole nitrogens is 1. The first kappa shape index (κ1) is 19.1. The van der Waals surface area contributed by atoms with Crippen molar-refractivity contribution < 1.29 is 18.5 Å². The quantitative estimate of drug-likeness (QED) is 0.411. The predicted molar refractivity (Wildman–Crippen MR) is 120 cm³/mol. The van der Waals surface area contributed by atoms with Gasteiger partial charge >= 0.3 is 0 Å². The summed E-state index contributed by atoms with van der Waals surface area (Å²) in [6.07, 6.45) is 3.12. The summed E-state index contributed by atoms with van der Waals surface area (Å²) in [4.78, 5) is 15.4. The van der Waals surface area contributed by atoms with Crippen LogP contribution in [0.25, 0.3) is 22.7 Å². The zero-order chi connectivity index (χ0) is 22.4. The normalized spacial score (nSPS) is 15.1. The number of para-hydroxylation sites is 1. The van der Waals surface area contributed by atoms with E-state index in [-0.39, 0.29) is 5.91 Å². The number of aromatic amines is 1. The van der Waals surface area contributed by atoms with E-state index in [1.807, 2.05) is 54.6 Å². The molecule has 0 bridgehead atoms. The summed E-state index contributed by atoms with van der Waals surface area (Å²) < 4.78 is 16.2. The van der Waals surface area contributed by atoms with Crippen molar-refractivity contribution in [3.8, 4) is 28.5 Å². The predicted octanol–water partition coefficient (Wildman–Crippen LogP) is 5.08. The smallest absolute Gasteiger partial charge is 0.277 e. The zero-order valence-electron chi connectivity index (χ0n) is 17.6. The molecule has 2 aromatic carbocycles. The lowest BCUT2D eigenvalue weighted by Crippen LogP contribution is -2.29. The van der Waals surface area contributed by atoms with Crippen molar-refractivity contribution in [3.63, 3.8) is 0 Å². The number of anilines is 1. The van der Waals surface area contributed by atoms with E-state index in [4.69, 9.17) is 13.7 Å². The van der Waals surface area contributed by atoms with Gasteiger partial charge in [0.25, 0.3) is 5.91 Å². The lowest BCUT2D eigenvalue weighted by atomic mass is 9.96. The summed E-state index contributed by atoms with van der Waals surface area (Å²) >= 11 is 0. The van der Waals surface area contributed by atoms with Crippen LogP contribution in [0.1, 0.15) is 27.7 Å². The van der Waals surface area contributed by atoms with E-state index in [9.17, 15) is 4.79 Å². The molecule has 8 heteroatoms. The van der Waals surface area contributed by atoms with Crippen molar-refractivity contribution >= 4 is 11.6 Å². The number of nitrogens with one attached hydrogen (secondary N) is 1. The van der Waals surface area contributed by atoms with Gasteiger partial charge in [-0.25, -0.2) is 0 Å². The Morgan fingerprint density at radius 3 is 2.58 bits per heavy atom. The van der Waals surface area contributed by atoms with Gasteiger partial charge in [-0.2, -0.15) is 5.10 Å². The molecule has 8 nitrogen and oxygen atoms in total. The number of carbonyl (C=O) groups excluding carboxylic acids is 1. The third kappa shape index (κ3) is 2.95. The standard InChI is InChI=1S/C25H18N4O4/c1-31-19-6-3-2-5-17(19)24-21-22(20-7-4-13-32-20)26-27-23(21)25(30)29(24)16-10-8-15(9-11-16)18-12-14-33-28-18/h2-14,24H,1H3,(H,26,27). The highest BCUT2D eigenvalue weighted by molar-refractivity contribution is 6.11. The van der Waals surface area contributed by atoms with Crippen LogP contribution in [0.2, 0.25) is 0 Å². The van der Waals surface area contributed by atoms with Crippen molar-refractivity contribution in [3.05, 3.63) is 96.1 Å². The van der Waals surface area contributed by atoms with Gasteiger partial charge in [0.05, 0.1) is 19.4 Å². The average Bonchev–Trinajstić information content (AvgIpc) is 3.65. The van der Waals surface area contributed by atoms with Crippen LogP contribution in [0.4, 0.5) is 5.69 Å². The maximum atomic E-state index is 13.6. The van der Waals surface area contributed by atoms with Crippen LogP contribution in [-0.2, 0) is 0 Å². The third-order valence-electron chi connectivity index (χ3n) is 5.84. The average molecular weight is 438 g/mol. The Kier molecular flexibility index (Phi) is 4.36. The molecule has 6 rings (SSSR count). The number of carbonyl (C=O) groups is 1. The molecule has 1 N–H and O–H groups in total. The van der Waals surface area contributed by atoms with Gasteiger partial charge in [-0.15, -0.1) is 0 Å². The SMILES string of the molecule is COc1ccccc1C1c2c(-c3ccco3)n[nH]c2C(=O)N1c1ccc(-c2ccon2)cc1. The molecule has 1 atom stereocenters. The fourth-order valence-corrected chi connectivity index (χ4v) is 4.36. The Morgan fingerprint density at radius 2 is 1.85 bits per heavy atom. The Labute approximate surface area is 188 Å². The van der Waals surface area contributed by atoms with Gasteiger partial charge in [-0.3, -0.25) is 14.8 Å². The van der Waals surface area contributed by atoms with E-state index < -0.39 is 6.04 Å². The largest absolute Gasteiger partial charge is 0.496 e. The number of amides is 1. The van der Waals surface area contributed by atoms with Gasteiger partial charge in [-0.05, 0) is 30.3 Å². The Balaban J connectivity index is 1.52. The summed E-state index contributed by atoms with van der Waals surface area (Å²) in [5.74, 6) is 1.09. The van der Waals surface area contributed by atoms with Crippen LogP contribution in [0.5, 0.6) is 5.75 Å². The van der Waals surface area contributed by atoms with Gasteiger partial charge in [0.2, 0.25) is 0 Å². The monoisotopic (exact) mass is 438 g/mol. The molecule has 0 saturated carbocycles. The topological polar surface area (TPSA) is 97.4 Å². The minimum atomic E-state index is -0.458. The Hall–Kier alpha value is -4.59. The van der Waals surface area contributed by atoms with Gasteiger partial charge in [0.15, 0.2) is 5.76 Å². The first-order valence-corrected chi connectivity index (χ1v) is 10.4. The number of furan rings is 1. The molecular formula is C25H18N4O4. The molecular weight excluding hydrogens is 420 g/mol. The fraction of sp³-hybridized carbons (Fsp3) is 0.0800. The van der Waals surface area contributed by atoms with Crippen LogP contribution >= 0.6 is 0 Å². The summed E-state index contributed by atoms with van der Waals surface area (Å²) in [5.41, 5.74) is 4.98. The lowest BCUT2D eigenvalue weighted by molar-refractivity contribution is 0.0988. The molecule has 1 aliphatic rings. The first-order chi connectivity index (χ1) is 16.3. The molecule has 4 heterocycles. The highest BCUT2D eigenvalue weighted by atomic mass is 16.5. The molecule has 0 fully saturated rings. The highest BCUT2D eigenvalue weighted by Crippen LogP contribution is 2.47. The molecule has 33 heavy (non-hydrogen) atoms. The second-order valence-electron chi connectivity index (χ2n) is 7.59. The number of nitrogens with zero attached hydrogens (tertiary/aromatic N) is 3.